The Morgan fingerprint density at radius 3 is 2.50 bits per heavy atom. The van der Waals surface area contributed by atoms with Crippen LogP contribution in [-0.2, 0) is 11.2 Å². The molecule has 1 unspecified atom stereocenters. The van der Waals surface area contributed by atoms with Crippen LogP contribution >= 0.6 is 0 Å². The molecule has 0 saturated heterocycles. The van der Waals surface area contributed by atoms with Gasteiger partial charge in [-0.1, -0.05) is 44.2 Å². The van der Waals surface area contributed by atoms with Gasteiger partial charge >= 0.3 is 6.09 Å². The van der Waals surface area contributed by atoms with Gasteiger partial charge in [-0.05, 0) is 46.2 Å². The van der Waals surface area contributed by atoms with E-state index in [0.29, 0.717) is 13.2 Å². The summed E-state index contributed by atoms with van der Waals surface area (Å²) in [5.74, 6) is 0.818. The maximum Gasteiger partial charge on any atom is 0.405 e. The normalized spacial score (nSPS) is 17.6. The van der Waals surface area contributed by atoms with Crippen LogP contribution in [0.4, 0.5) is 4.79 Å². The number of fused-ring (bicyclic) bond motifs is 1. The van der Waals surface area contributed by atoms with E-state index in [-0.39, 0.29) is 11.5 Å². The topological polar surface area (TPSA) is 67.8 Å². The van der Waals surface area contributed by atoms with Crippen molar-refractivity contribution < 1.29 is 19.4 Å². The summed E-state index contributed by atoms with van der Waals surface area (Å²) in [5.41, 5.74) is 4.36. The maximum absolute atomic E-state index is 11.1. The summed E-state index contributed by atoms with van der Waals surface area (Å²) >= 11 is 0. The number of benzene rings is 2. The molecular weight excluding hydrogens is 330 g/mol. The van der Waals surface area contributed by atoms with Crippen LogP contribution in [0.2, 0.25) is 0 Å². The Kier molecular flexibility index (Phi) is 5.18. The lowest BCUT2D eigenvalue weighted by molar-refractivity contribution is 0.146. The Morgan fingerprint density at radius 2 is 1.85 bits per heavy atom. The van der Waals surface area contributed by atoms with Crippen LogP contribution in [0.15, 0.2) is 42.5 Å². The first-order valence-corrected chi connectivity index (χ1v) is 8.75. The van der Waals surface area contributed by atoms with Crippen LogP contribution in [0.1, 0.15) is 31.0 Å². The fourth-order valence-corrected chi connectivity index (χ4v) is 3.62. The van der Waals surface area contributed by atoms with Crippen LogP contribution in [0, 0.1) is 5.41 Å². The Balaban J connectivity index is 1.80. The van der Waals surface area contributed by atoms with Gasteiger partial charge in [0.25, 0.3) is 0 Å². The highest BCUT2D eigenvalue weighted by molar-refractivity contribution is 5.68. The summed E-state index contributed by atoms with van der Waals surface area (Å²) in [6.45, 7) is 5.29. The summed E-state index contributed by atoms with van der Waals surface area (Å²) in [6, 6.07) is 14.1. The molecule has 1 aliphatic rings. The van der Waals surface area contributed by atoms with Crippen LogP contribution in [0.3, 0.4) is 0 Å². The highest BCUT2D eigenvalue weighted by Crippen LogP contribution is 2.46. The van der Waals surface area contributed by atoms with Crippen LogP contribution in [-0.4, -0.2) is 31.5 Å². The average molecular weight is 355 g/mol. The molecule has 26 heavy (non-hydrogen) atoms. The number of rotatable bonds is 6. The van der Waals surface area contributed by atoms with E-state index in [1.165, 1.54) is 5.56 Å². The Hall–Kier alpha value is -2.53. The largest absolute Gasteiger partial charge is 0.491 e. The van der Waals surface area contributed by atoms with Gasteiger partial charge < -0.3 is 19.9 Å². The molecule has 0 spiro atoms. The van der Waals surface area contributed by atoms with Gasteiger partial charge in [-0.2, -0.15) is 0 Å². The second kappa shape index (κ2) is 7.38. The smallest absolute Gasteiger partial charge is 0.405 e. The zero-order chi connectivity index (χ0) is 18.7. The van der Waals surface area contributed by atoms with Gasteiger partial charge in [-0.25, -0.2) is 4.79 Å². The van der Waals surface area contributed by atoms with Gasteiger partial charge in [0, 0.05) is 7.11 Å². The van der Waals surface area contributed by atoms with Crippen molar-refractivity contribution in [2.75, 3.05) is 20.3 Å². The molecule has 3 rings (SSSR count). The van der Waals surface area contributed by atoms with Gasteiger partial charge in [0.05, 0.1) is 12.6 Å². The standard InChI is InChI=1S/C21H25NO4/c1-21(2)13-16-12-15(6-9-18(16)19(21)22-20(23)24)14-4-7-17(8-5-14)26-11-10-25-3/h4-9,12,19,22H,10-11,13H2,1-3H3,(H,23,24). The summed E-state index contributed by atoms with van der Waals surface area (Å²) in [6.07, 6.45) is -0.136. The molecule has 1 aliphatic carbocycles. The SMILES string of the molecule is COCCOc1ccc(-c2ccc3c(c2)CC(C)(C)C3NC(=O)O)cc1. The van der Waals surface area contributed by atoms with E-state index in [9.17, 15) is 4.79 Å². The van der Waals surface area contributed by atoms with Crippen molar-refractivity contribution in [3.05, 3.63) is 53.6 Å². The lowest BCUT2D eigenvalue weighted by atomic mass is 9.85. The van der Waals surface area contributed by atoms with Gasteiger partial charge in [-0.15, -0.1) is 0 Å². The number of hydrogen-bond donors (Lipinski definition) is 2. The van der Waals surface area contributed by atoms with E-state index in [0.717, 1.165) is 28.9 Å². The Morgan fingerprint density at radius 1 is 1.15 bits per heavy atom. The number of carboxylic acid groups (broad SMARTS) is 1. The first-order valence-electron chi connectivity index (χ1n) is 8.75. The zero-order valence-electron chi connectivity index (χ0n) is 15.4. The summed E-state index contributed by atoms with van der Waals surface area (Å²) in [7, 11) is 1.65. The molecule has 5 nitrogen and oxygen atoms in total. The molecule has 2 N–H and O–H groups in total. The van der Waals surface area contributed by atoms with E-state index < -0.39 is 6.09 Å². The molecule has 138 valence electrons. The Labute approximate surface area is 153 Å². The molecule has 0 heterocycles. The second-order valence-corrected chi connectivity index (χ2v) is 7.33. The van der Waals surface area contributed by atoms with Crippen molar-refractivity contribution in [3.63, 3.8) is 0 Å². The van der Waals surface area contributed by atoms with Gasteiger partial charge in [-0.3, -0.25) is 0 Å². The van der Waals surface area contributed by atoms with Crippen molar-refractivity contribution >= 4 is 6.09 Å². The maximum atomic E-state index is 11.1. The molecule has 1 atom stereocenters. The molecule has 0 fully saturated rings. The molecule has 0 bridgehead atoms. The predicted molar refractivity (Wildman–Crippen MR) is 101 cm³/mol. The third-order valence-electron chi connectivity index (χ3n) is 4.89. The lowest BCUT2D eigenvalue weighted by Crippen LogP contribution is -2.34. The number of carbonyl (C=O) groups is 1. The molecule has 1 amide bonds. The fraction of sp³-hybridized carbons (Fsp3) is 0.381. The molecule has 0 radical (unpaired) electrons. The third-order valence-corrected chi connectivity index (χ3v) is 4.89. The fourth-order valence-electron chi connectivity index (χ4n) is 3.62. The third kappa shape index (κ3) is 3.83. The van der Waals surface area contributed by atoms with E-state index in [1.54, 1.807) is 7.11 Å². The van der Waals surface area contributed by atoms with Crippen LogP contribution < -0.4 is 10.1 Å². The van der Waals surface area contributed by atoms with Crippen LogP contribution in [0.5, 0.6) is 5.75 Å². The zero-order valence-corrected chi connectivity index (χ0v) is 15.4. The highest BCUT2D eigenvalue weighted by atomic mass is 16.5. The number of ether oxygens (including phenoxy) is 2. The lowest BCUT2D eigenvalue weighted by Gasteiger charge is -2.27. The van der Waals surface area contributed by atoms with Gasteiger partial charge in [0.15, 0.2) is 0 Å². The molecule has 0 saturated carbocycles. The summed E-state index contributed by atoms with van der Waals surface area (Å²) in [5, 5.41) is 11.8. The first-order chi connectivity index (χ1) is 12.4. The van der Waals surface area contributed by atoms with Gasteiger partial charge in [0.1, 0.15) is 12.4 Å². The summed E-state index contributed by atoms with van der Waals surface area (Å²) in [4.78, 5) is 11.1. The van der Waals surface area contributed by atoms with E-state index in [4.69, 9.17) is 14.6 Å². The minimum atomic E-state index is -0.982. The minimum absolute atomic E-state index is 0.140. The quantitative estimate of drug-likeness (QED) is 0.760. The Bertz CT molecular complexity index is 783. The molecular formula is C21H25NO4. The average Bonchev–Trinajstić information content (AvgIpc) is 2.84. The monoisotopic (exact) mass is 355 g/mol. The first kappa shape index (κ1) is 18.3. The van der Waals surface area contributed by atoms with Crippen molar-refractivity contribution in [1.82, 2.24) is 5.32 Å². The van der Waals surface area contributed by atoms with Crippen molar-refractivity contribution in [1.29, 1.82) is 0 Å². The van der Waals surface area contributed by atoms with Gasteiger partial charge in [0.2, 0.25) is 0 Å². The highest BCUT2D eigenvalue weighted by Gasteiger charge is 2.39. The molecule has 2 aromatic carbocycles. The van der Waals surface area contributed by atoms with Crippen LogP contribution in [0.25, 0.3) is 11.1 Å². The number of amides is 1. The van der Waals surface area contributed by atoms with E-state index >= 15 is 0 Å². The minimum Gasteiger partial charge on any atom is -0.491 e. The molecule has 5 heteroatoms. The molecule has 0 aliphatic heterocycles. The number of hydrogen-bond acceptors (Lipinski definition) is 3. The number of nitrogens with one attached hydrogen (secondary N) is 1. The van der Waals surface area contributed by atoms with Crippen molar-refractivity contribution in [2.45, 2.75) is 26.3 Å². The molecule has 0 aromatic heterocycles. The number of methoxy groups -OCH3 is 1. The predicted octanol–water partition coefficient (Wildman–Crippen LogP) is 4.27. The molecule has 2 aromatic rings. The van der Waals surface area contributed by atoms with E-state index in [1.807, 2.05) is 30.3 Å². The van der Waals surface area contributed by atoms with Crippen molar-refractivity contribution in [2.24, 2.45) is 5.41 Å². The second-order valence-electron chi connectivity index (χ2n) is 7.33. The van der Waals surface area contributed by atoms with E-state index in [2.05, 4.69) is 31.3 Å². The van der Waals surface area contributed by atoms with Crippen molar-refractivity contribution in [3.8, 4) is 16.9 Å². The summed E-state index contributed by atoms with van der Waals surface area (Å²) < 4.78 is 10.6.